The Morgan fingerprint density at radius 1 is 1.28 bits per heavy atom. The van der Waals surface area contributed by atoms with Gasteiger partial charge in [0, 0.05) is 18.2 Å². The van der Waals surface area contributed by atoms with Crippen LogP contribution in [0, 0.1) is 11.3 Å². The van der Waals surface area contributed by atoms with Crippen molar-refractivity contribution in [2.75, 3.05) is 7.11 Å². The molecule has 0 saturated heterocycles. The Morgan fingerprint density at radius 2 is 2.00 bits per heavy atom. The van der Waals surface area contributed by atoms with Crippen LogP contribution in [0.1, 0.15) is 16.7 Å². The fourth-order valence-electron chi connectivity index (χ4n) is 1.68. The highest BCUT2D eigenvalue weighted by molar-refractivity contribution is 5.43. The maximum Gasteiger partial charge on any atom is 0.256 e. The van der Waals surface area contributed by atoms with Crippen LogP contribution < -0.4 is 4.74 Å². The fourth-order valence-corrected chi connectivity index (χ4v) is 1.68. The lowest BCUT2D eigenvalue weighted by Crippen LogP contribution is -1.94. The second-order valence-electron chi connectivity index (χ2n) is 3.81. The number of pyridine rings is 1. The van der Waals surface area contributed by atoms with Crippen molar-refractivity contribution in [2.24, 2.45) is 0 Å². The molecule has 0 saturated carbocycles. The molecule has 0 atom stereocenters. The summed E-state index contributed by atoms with van der Waals surface area (Å²) in [6.07, 6.45) is 2.16. The number of benzene rings is 1. The van der Waals surface area contributed by atoms with Crippen molar-refractivity contribution in [1.29, 1.82) is 5.26 Å². The molecule has 0 radical (unpaired) electrons. The van der Waals surface area contributed by atoms with E-state index >= 15 is 0 Å². The van der Waals surface area contributed by atoms with Crippen molar-refractivity contribution in [2.45, 2.75) is 6.42 Å². The first-order valence-electron chi connectivity index (χ1n) is 5.44. The van der Waals surface area contributed by atoms with Crippen molar-refractivity contribution >= 4 is 0 Å². The third-order valence-electron chi connectivity index (χ3n) is 2.65. The van der Waals surface area contributed by atoms with Gasteiger partial charge in [0.05, 0.1) is 18.7 Å². The highest BCUT2D eigenvalue weighted by atomic mass is 16.5. The van der Waals surface area contributed by atoms with Gasteiger partial charge in [-0.25, -0.2) is 4.98 Å². The molecule has 2 rings (SSSR count). The van der Waals surface area contributed by atoms with Gasteiger partial charge < -0.3 is 9.84 Å². The van der Waals surface area contributed by atoms with E-state index in [1.807, 2.05) is 12.1 Å². The van der Waals surface area contributed by atoms with Crippen molar-refractivity contribution in [3.05, 3.63) is 53.2 Å². The maximum atomic E-state index is 9.91. The number of hydrogen-bond acceptors (Lipinski definition) is 4. The lowest BCUT2D eigenvalue weighted by molar-refractivity contribution is 0.356. The number of rotatable bonds is 3. The molecule has 1 aromatic heterocycles. The Balaban J connectivity index is 2.26. The van der Waals surface area contributed by atoms with Gasteiger partial charge in [0.1, 0.15) is 0 Å². The smallest absolute Gasteiger partial charge is 0.256 e. The number of methoxy groups -OCH3 is 1. The van der Waals surface area contributed by atoms with Crippen LogP contribution in [0.3, 0.4) is 0 Å². The average molecular weight is 240 g/mol. The number of nitriles is 1. The third kappa shape index (κ3) is 2.41. The topological polar surface area (TPSA) is 66.1 Å². The zero-order valence-electron chi connectivity index (χ0n) is 9.92. The van der Waals surface area contributed by atoms with Crippen LogP contribution in [-0.2, 0) is 6.42 Å². The molecule has 1 heterocycles. The molecular formula is C14H12N2O2. The summed E-state index contributed by atoms with van der Waals surface area (Å²) in [5, 5.41) is 18.6. The molecule has 0 fully saturated rings. The molecule has 0 bridgehead atoms. The lowest BCUT2D eigenvalue weighted by Gasteiger charge is -2.07. The summed E-state index contributed by atoms with van der Waals surface area (Å²) in [5.41, 5.74) is 2.37. The molecule has 1 N–H and O–H groups in total. The zero-order chi connectivity index (χ0) is 13.0. The van der Waals surface area contributed by atoms with Crippen molar-refractivity contribution in [1.82, 2.24) is 4.98 Å². The van der Waals surface area contributed by atoms with E-state index < -0.39 is 0 Å². The fraction of sp³-hybridized carbons (Fsp3) is 0.143. The first-order valence-corrected chi connectivity index (χ1v) is 5.44. The van der Waals surface area contributed by atoms with Crippen LogP contribution in [0.15, 0.2) is 36.5 Å². The van der Waals surface area contributed by atoms with E-state index in [2.05, 4.69) is 11.1 Å². The van der Waals surface area contributed by atoms with Crippen LogP contribution in [0.5, 0.6) is 11.6 Å². The minimum absolute atomic E-state index is 0.0596. The summed E-state index contributed by atoms with van der Waals surface area (Å²) in [6, 6.07) is 11.1. The van der Waals surface area contributed by atoms with Gasteiger partial charge in [0.15, 0.2) is 5.75 Å². The van der Waals surface area contributed by atoms with Crippen LogP contribution >= 0.6 is 0 Å². The van der Waals surface area contributed by atoms with Gasteiger partial charge in [0.2, 0.25) is 0 Å². The van der Waals surface area contributed by atoms with Crippen molar-refractivity contribution in [3.63, 3.8) is 0 Å². The second-order valence-corrected chi connectivity index (χ2v) is 3.81. The van der Waals surface area contributed by atoms with Crippen molar-refractivity contribution < 1.29 is 9.84 Å². The highest BCUT2D eigenvalue weighted by Crippen LogP contribution is 2.28. The molecule has 0 aliphatic carbocycles. The van der Waals surface area contributed by atoms with E-state index in [1.165, 1.54) is 7.11 Å². The summed E-state index contributed by atoms with van der Waals surface area (Å²) in [5.74, 6) is 0.283. The first-order chi connectivity index (χ1) is 8.74. The molecule has 0 amide bonds. The SMILES string of the molecule is COc1nccc(Cc2ccc(C#N)cc2)c1O. The Labute approximate surface area is 105 Å². The van der Waals surface area contributed by atoms with Crippen LogP contribution in [0.25, 0.3) is 0 Å². The van der Waals surface area contributed by atoms with E-state index in [-0.39, 0.29) is 11.6 Å². The van der Waals surface area contributed by atoms with E-state index in [0.29, 0.717) is 12.0 Å². The van der Waals surface area contributed by atoms with Crippen molar-refractivity contribution in [3.8, 4) is 17.7 Å². The predicted octanol–water partition coefficient (Wildman–Crippen LogP) is 2.26. The average Bonchev–Trinajstić information content (AvgIpc) is 2.42. The number of aromatic nitrogens is 1. The second kappa shape index (κ2) is 5.19. The van der Waals surface area contributed by atoms with E-state index in [4.69, 9.17) is 10.00 Å². The summed E-state index contributed by atoms with van der Waals surface area (Å²) in [6.45, 7) is 0. The number of ether oxygens (including phenoxy) is 1. The van der Waals surface area contributed by atoms with Gasteiger partial charge in [-0.15, -0.1) is 0 Å². The minimum atomic E-state index is 0.0596. The normalized spacial score (nSPS) is 9.78. The first kappa shape index (κ1) is 11.9. The summed E-state index contributed by atoms with van der Waals surface area (Å²) in [7, 11) is 1.47. The molecule has 2 aromatic rings. The van der Waals surface area contributed by atoms with Crippen LogP contribution in [0.4, 0.5) is 0 Å². The molecule has 1 aromatic carbocycles. The quantitative estimate of drug-likeness (QED) is 0.893. The largest absolute Gasteiger partial charge is 0.503 e. The van der Waals surface area contributed by atoms with E-state index in [9.17, 15) is 5.11 Å². The third-order valence-corrected chi connectivity index (χ3v) is 2.65. The number of nitrogens with zero attached hydrogens (tertiary/aromatic N) is 2. The van der Waals surface area contributed by atoms with Gasteiger partial charge in [-0.3, -0.25) is 0 Å². The van der Waals surface area contributed by atoms with Crippen LogP contribution in [-0.4, -0.2) is 17.2 Å². The standard InChI is InChI=1S/C14H12N2O2/c1-18-14-13(17)12(6-7-16-14)8-10-2-4-11(9-15)5-3-10/h2-7,17H,8H2,1H3. The Kier molecular flexibility index (Phi) is 3.44. The molecule has 0 spiro atoms. The molecule has 0 aliphatic heterocycles. The Morgan fingerprint density at radius 3 is 2.61 bits per heavy atom. The van der Waals surface area contributed by atoms with Gasteiger partial charge in [-0.05, 0) is 23.8 Å². The van der Waals surface area contributed by atoms with Gasteiger partial charge in [-0.2, -0.15) is 5.26 Å². The van der Waals surface area contributed by atoms with Gasteiger partial charge in [0.25, 0.3) is 5.88 Å². The lowest BCUT2D eigenvalue weighted by atomic mass is 10.0. The molecule has 0 unspecified atom stereocenters. The zero-order valence-corrected chi connectivity index (χ0v) is 9.92. The van der Waals surface area contributed by atoms with Gasteiger partial charge >= 0.3 is 0 Å². The molecule has 4 heteroatoms. The summed E-state index contributed by atoms with van der Waals surface area (Å²) in [4.78, 5) is 3.91. The molecule has 90 valence electrons. The highest BCUT2D eigenvalue weighted by Gasteiger charge is 2.09. The minimum Gasteiger partial charge on any atom is -0.503 e. The summed E-state index contributed by atoms with van der Waals surface area (Å²) >= 11 is 0. The Bertz CT molecular complexity index is 586. The molecule has 18 heavy (non-hydrogen) atoms. The summed E-state index contributed by atoms with van der Waals surface area (Å²) < 4.78 is 4.96. The molecule has 0 aliphatic rings. The van der Waals surface area contributed by atoms with E-state index in [1.54, 1.807) is 24.4 Å². The predicted molar refractivity (Wildman–Crippen MR) is 66.4 cm³/mol. The number of hydrogen-bond donors (Lipinski definition) is 1. The monoisotopic (exact) mass is 240 g/mol. The molecule has 4 nitrogen and oxygen atoms in total. The van der Waals surface area contributed by atoms with Crippen LogP contribution in [0.2, 0.25) is 0 Å². The van der Waals surface area contributed by atoms with E-state index in [0.717, 1.165) is 11.1 Å². The number of aromatic hydroxyl groups is 1. The van der Waals surface area contributed by atoms with Gasteiger partial charge in [-0.1, -0.05) is 12.1 Å². The Hall–Kier alpha value is -2.54. The molecular weight excluding hydrogens is 228 g/mol. The maximum absolute atomic E-state index is 9.91.